The van der Waals surface area contributed by atoms with Crippen LogP contribution in [-0.4, -0.2) is 31.6 Å². The van der Waals surface area contributed by atoms with Gasteiger partial charge in [0.15, 0.2) is 0 Å². The molecular weight excluding hydrogens is 216 g/mol. The summed E-state index contributed by atoms with van der Waals surface area (Å²) in [5.41, 5.74) is 5.00. The maximum atomic E-state index is 11.3. The third-order valence-electron chi connectivity index (χ3n) is 2.14. The lowest BCUT2D eigenvalue weighted by Gasteiger charge is -2.12. The SMILES string of the molecule is Cc1cc(C)cc(OCCC(=O)NN(C)C)c1. The number of amides is 1. The summed E-state index contributed by atoms with van der Waals surface area (Å²) in [6.07, 6.45) is 0.352. The van der Waals surface area contributed by atoms with Crippen molar-refractivity contribution in [1.29, 1.82) is 0 Å². The summed E-state index contributed by atoms with van der Waals surface area (Å²) in [5, 5.41) is 1.62. The summed E-state index contributed by atoms with van der Waals surface area (Å²) in [6, 6.07) is 6.03. The molecule has 0 aliphatic rings. The first-order valence-electron chi connectivity index (χ1n) is 5.65. The van der Waals surface area contributed by atoms with Gasteiger partial charge in [-0.1, -0.05) is 6.07 Å². The van der Waals surface area contributed by atoms with Gasteiger partial charge in [0.05, 0.1) is 13.0 Å². The zero-order valence-electron chi connectivity index (χ0n) is 10.9. The van der Waals surface area contributed by atoms with E-state index in [9.17, 15) is 4.79 Å². The molecular formula is C13H20N2O2. The number of benzene rings is 1. The summed E-state index contributed by atoms with van der Waals surface area (Å²) in [6.45, 7) is 4.44. The second kappa shape index (κ2) is 6.25. The van der Waals surface area contributed by atoms with Gasteiger partial charge in [-0.05, 0) is 37.1 Å². The van der Waals surface area contributed by atoms with E-state index in [-0.39, 0.29) is 5.91 Å². The van der Waals surface area contributed by atoms with Crippen LogP contribution in [-0.2, 0) is 4.79 Å². The van der Waals surface area contributed by atoms with Crippen molar-refractivity contribution in [2.75, 3.05) is 20.7 Å². The van der Waals surface area contributed by atoms with Crippen LogP contribution in [0.25, 0.3) is 0 Å². The van der Waals surface area contributed by atoms with E-state index in [0.717, 1.165) is 16.9 Å². The van der Waals surface area contributed by atoms with Crippen LogP contribution < -0.4 is 10.2 Å². The fourth-order valence-corrected chi connectivity index (χ4v) is 1.58. The maximum absolute atomic E-state index is 11.3. The number of carbonyl (C=O) groups excluding carboxylic acids is 1. The van der Waals surface area contributed by atoms with Crippen molar-refractivity contribution in [3.05, 3.63) is 29.3 Å². The van der Waals surface area contributed by atoms with E-state index in [1.165, 1.54) is 0 Å². The molecule has 0 radical (unpaired) electrons. The topological polar surface area (TPSA) is 41.6 Å². The Morgan fingerprint density at radius 2 is 1.82 bits per heavy atom. The molecule has 0 aliphatic carbocycles. The molecule has 0 aromatic heterocycles. The molecule has 94 valence electrons. The Kier molecular flexibility index (Phi) is 4.97. The number of carbonyl (C=O) groups is 1. The van der Waals surface area contributed by atoms with Crippen LogP contribution in [0, 0.1) is 13.8 Å². The number of ether oxygens (including phenoxy) is 1. The van der Waals surface area contributed by atoms with Crippen LogP contribution in [0.5, 0.6) is 5.75 Å². The predicted octanol–water partition coefficient (Wildman–Crippen LogP) is 1.67. The van der Waals surface area contributed by atoms with Crippen molar-refractivity contribution < 1.29 is 9.53 Å². The largest absolute Gasteiger partial charge is 0.493 e. The molecule has 0 heterocycles. The summed E-state index contributed by atoms with van der Waals surface area (Å²) in [7, 11) is 3.56. The number of rotatable bonds is 5. The maximum Gasteiger partial charge on any atom is 0.237 e. The normalized spacial score (nSPS) is 10.4. The average molecular weight is 236 g/mol. The summed E-state index contributed by atoms with van der Waals surface area (Å²) < 4.78 is 5.54. The molecule has 4 nitrogen and oxygen atoms in total. The van der Waals surface area contributed by atoms with Gasteiger partial charge in [-0.25, -0.2) is 5.01 Å². The van der Waals surface area contributed by atoms with Gasteiger partial charge in [0.1, 0.15) is 5.75 Å². The molecule has 0 unspecified atom stereocenters. The van der Waals surface area contributed by atoms with Gasteiger partial charge in [-0.2, -0.15) is 0 Å². The lowest BCUT2D eigenvalue weighted by atomic mass is 10.1. The molecule has 0 aliphatic heterocycles. The van der Waals surface area contributed by atoms with E-state index in [0.29, 0.717) is 13.0 Å². The van der Waals surface area contributed by atoms with E-state index in [4.69, 9.17) is 4.74 Å². The van der Waals surface area contributed by atoms with Gasteiger partial charge in [0.2, 0.25) is 5.91 Å². The first-order valence-corrected chi connectivity index (χ1v) is 5.65. The Bertz CT molecular complexity index is 369. The van der Waals surface area contributed by atoms with E-state index < -0.39 is 0 Å². The Morgan fingerprint density at radius 1 is 1.24 bits per heavy atom. The highest BCUT2D eigenvalue weighted by Gasteiger charge is 2.03. The van der Waals surface area contributed by atoms with Crippen molar-refractivity contribution in [2.24, 2.45) is 0 Å². The van der Waals surface area contributed by atoms with Crippen LogP contribution in [0.2, 0.25) is 0 Å². The van der Waals surface area contributed by atoms with Crippen molar-refractivity contribution in [1.82, 2.24) is 10.4 Å². The number of hydrogen-bond acceptors (Lipinski definition) is 3. The number of nitrogens with zero attached hydrogens (tertiary/aromatic N) is 1. The van der Waals surface area contributed by atoms with Gasteiger partial charge in [0, 0.05) is 14.1 Å². The standard InChI is InChI=1S/C13H20N2O2/c1-10-7-11(2)9-12(8-10)17-6-5-13(16)14-15(3)4/h7-9H,5-6H2,1-4H3,(H,14,16). The van der Waals surface area contributed by atoms with E-state index in [2.05, 4.69) is 11.5 Å². The fourth-order valence-electron chi connectivity index (χ4n) is 1.58. The lowest BCUT2D eigenvalue weighted by molar-refractivity contribution is -0.125. The van der Waals surface area contributed by atoms with Crippen LogP contribution >= 0.6 is 0 Å². The molecule has 0 atom stereocenters. The Hall–Kier alpha value is -1.55. The average Bonchev–Trinajstić information content (AvgIpc) is 2.14. The van der Waals surface area contributed by atoms with Gasteiger partial charge in [-0.3, -0.25) is 10.2 Å². The minimum absolute atomic E-state index is 0.0422. The molecule has 4 heteroatoms. The van der Waals surface area contributed by atoms with E-state index in [1.54, 1.807) is 19.1 Å². The van der Waals surface area contributed by atoms with Crippen molar-refractivity contribution in [3.8, 4) is 5.75 Å². The molecule has 0 bridgehead atoms. The number of hydrazine groups is 1. The quantitative estimate of drug-likeness (QED) is 0.791. The smallest absolute Gasteiger partial charge is 0.237 e. The van der Waals surface area contributed by atoms with Crippen LogP contribution in [0.4, 0.5) is 0 Å². The Morgan fingerprint density at radius 3 is 2.35 bits per heavy atom. The molecule has 0 saturated heterocycles. The molecule has 1 amide bonds. The zero-order valence-corrected chi connectivity index (χ0v) is 10.9. The molecule has 1 aromatic rings. The minimum Gasteiger partial charge on any atom is -0.493 e. The molecule has 0 saturated carbocycles. The van der Waals surface area contributed by atoms with E-state index in [1.807, 2.05) is 26.0 Å². The lowest BCUT2D eigenvalue weighted by Crippen LogP contribution is -2.36. The molecule has 0 fully saturated rings. The Balaban J connectivity index is 2.38. The van der Waals surface area contributed by atoms with Crippen LogP contribution in [0.3, 0.4) is 0 Å². The molecule has 0 spiro atoms. The molecule has 1 rings (SSSR count). The summed E-state index contributed by atoms with van der Waals surface area (Å²) in [4.78, 5) is 11.3. The van der Waals surface area contributed by atoms with Gasteiger partial charge >= 0.3 is 0 Å². The highest BCUT2D eigenvalue weighted by molar-refractivity contribution is 5.75. The molecule has 1 aromatic carbocycles. The summed E-state index contributed by atoms with van der Waals surface area (Å²) >= 11 is 0. The first kappa shape index (κ1) is 13.5. The van der Waals surface area contributed by atoms with Crippen molar-refractivity contribution in [2.45, 2.75) is 20.3 Å². The van der Waals surface area contributed by atoms with Crippen LogP contribution in [0.15, 0.2) is 18.2 Å². The predicted molar refractivity (Wildman–Crippen MR) is 67.9 cm³/mol. The van der Waals surface area contributed by atoms with Gasteiger partial charge in [-0.15, -0.1) is 0 Å². The number of hydrogen-bond donors (Lipinski definition) is 1. The Labute approximate surface area is 103 Å². The minimum atomic E-state index is -0.0422. The monoisotopic (exact) mass is 236 g/mol. The van der Waals surface area contributed by atoms with Crippen molar-refractivity contribution in [3.63, 3.8) is 0 Å². The highest BCUT2D eigenvalue weighted by atomic mass is 16.5. The van der Waals surface area contributed by atoms with Crippen molar-refractivity contribution >= 4 is 5.91 Å². The molecule has 17 heavy (non-hydrogen) atoms. The number of aryl methyl sites for hydroxylation is 2. The summed E-state index contributed by atoms with van der Waals surface area (Å²) in [5.74, 6) is 0.777. The zero-order chi connectivity index (χ0) is 12.8. The fraction of sp³-hybridized carbons (Fsp3) is 0.462. The van der Waals surface area contributed by atoms with Gasteiger partial charge < -0.3 is 4.74 Å². The highest BCUT2D eigenvalue weighted by Crippen LogP contribution is 2.16. The number of nitrogens with one attached hydrogen (secondary N) is 1. The third kappa shape index (κ3) is 5.36. The second-order valence-corrected chi connectivity index (χ2v) is 4.35. The second-order valence-electron chi connectivity index (χ2n) is 4.35. The van der Waals surface area contributed by atoms with Gasteiger partial charge in [0.25, 0.3) is 0 Å². The molecule has 1 N–H and O–H groups in total. The first-order chi connectivity index (χ1) is 7.97. The third-order valence-corrected chi connectivity index (χ3v) is 2.14. The van der Waals surface area contributed by atoms with E-state index >= 15 is 0 Å². The van der Waals surface area contributed by atoms with Crippen LogP contribution in [0.1, 0.15) is 17.5 Å².